The van der Waals surface area contributed by atoms with Gasteiger partial charge in [0.15, 0.2) is 6.10 Å². The highest BCUT2D eigenvalue weighted by Gasteiger charge is 2.41. The number of alkyl halides is 3. The van der Waals surface area contributed by atoms with Crippen molar-refractivity contribution in [3.8, 4) is 0 Å². The van der Waals surface area contributed by atoms with Crippen molar-refractivity contribution in [2.24, 2.45) is 0 Å². The average molecular weight is 236 g/mol. The maximum Gasteiger partial charge on any atom is 0.418 e. The van der Waals surface area contributed by atoms with Crippen LogP contribution >= 0.6 is 11.3 Å². The Balaban J connectivity index is 2.33. The number of aryl methyl sites for hydroxylation is 1. The van der Waals surface area contributed by atoms with Gasteiger partial charge in [-0.3, -0.25) is 0 Å². The number of rotatable bonds is 1. The van der Waals surface area contributed by atoms with Gasteiger partial charge in [-0.15, -0.1) is 11.3 Å². The van der Waals surface area contributed by atoms with Crippen LogP contribution in [0.2, 0.25) is 0 Å². The van der Waals surface area contributed by atoms with Crippen molar-refractivity contribution < 1.29 is 18.3 Å². The minimum Gasteiger partial charge on any atom is -0.379 e. The number of aliphatic hydroxyl groups is 1. The summed E-state index contributed by atoms with van der Waals surface area (Å²) in [5.74, 6) is 0. The van der Waals surface area contributed by atoms with Crippen LogP contribution < -0.4 is 0 Å². The van der Waals surface area contributed by atoms with Crippen molar-refractivity contribution in [1.29, 1.82) is 0 Å². The third kappa shape index (κ3) is 2.03. The lowest BCUT2D eigenvalue weighted by atomic mass is 9.94. The second-order valence-corrected chi connectivity index (χ2v) is 4.71. The van der Waals surface area contributed by atoms with Gasteiger partial charge in [-0.05, 0) is 36.6 Å². The van der Waals surface area contributed by atoms with Crippen molar-refractivity contribution in [1.82, 2.24) is 0 Å². The summed E-state index contributed by atoms with van der Waals surface area (Å²) in [6.45, 7) is 0. The first-order valence-electron chi connectivity index (χ1n) is 4.84. The molecule has 0 saturated heterocycles. The maximum absolute atomic E-state index is 12.3. The quantitative estimate of drug-likeness (QED) is 0.793. The molecule has 1 atom stereocenters. The second kappa shape index (κ2) is 3.79. The molecule has 1 aliphatic rings. The van der Waals surface area contributed by atoms with E-state index in [0.717, 1.165) is 29.7 Å². The fourth-order valence-corrected chi connectivity index (χ4v) is 3.09. The van der Waals surface area contributed by atoms with E-state index in [9.17, 15) is 18.3 Å². The zero-order chi connectivity index (χ0) is 11.1. The first-order valence-corrected chi connectivity index (χ1v) is 5.72. The number of halogens is 3. The Hall–Kier alpha value is -0.550. The predicted octanol–water partition coefficient (Wildman–Crippen LogP) is 3.22. The molecule has 1 aromatic rings. The first kappa shape index (κ1) is 11.0. The van der Waals surface area contributed by atoms with Crippen molar-refractivity contribution >= 4 is 11.3 Å². The molecule has 2 rings (SSSR count). The molecule has 0 aromatic carbocycles. The van der Waals surface area contributed by atoms with Crippen molar-refractivity contribution in [2.75, 3.05) is 0 Å². The van der Waals surface area contributed by atoms with E-state index in [1.165, 1.54) is 16.7 Å². The van der Waals surface area contributed by atoms with Crippen LogP contribution in [0.25, 0.3) is 0 Å². The average Bonchev–Trinajstić information content (AvgIpc) is 2.58. The molecular weight excluding hydrogens is 225 g/mol. The van der Waals surface area contributed by atoms with E-state index in [-0.39, 0.29) is 5.56 Å². The summed E-state index contributed by atoms with van der Waals surface area (Å²) in [5, 5.41) is 10.6. The maximum atomic E-state index is 12.3. The van der Waals surface area contributed by atoms with E-state index in [2.05, 4.69) is 0 Å². The van der Waals surface area contributed by atoms with Gasteiger partial charge in [0.05, 0.1) is 0 Å². The molecule has 0 saturated carbocycles. The molecule has 0 unspecified atom stereocenters. The molecule has 0 aliphatic heterocycles. The summed E-state index contributed by atoms with van der Waals surface area (Å²) < 4.78 is 37.0. The molecule has 0 radical (unpaired) electrons. The fourth-order valence-electron chi connectivity index (χ4n) is 1.92. The summed E-state index contributed by atoms with van der Waals surface area (Å²) in [7, 11) is 0. The molecule has 0 bridgehead atoms. The molecule has 1 nitrogen and oxygen atoms in total. The second-order valence-electron chi connectivity index (χ2n) is 3.74. The molecule has 1 N–H and O–H groups in total. The highest BCUT2D eigenvalue weighted by molar-refractivity contribution is 7.10. The van der Waals surface area contributed by atoms with Crippen molar-refractivity contribution in [2.45, 2.75) is 38.0 Å². The zero-order valence-corrected chi connectivity index (χ0v) is 8.79. The van der Waals surface area contributed by atoms with Gasteiger partial charge in [0.1, 0.15) is 0 Å². The lowest BCUT2D eigenvalue weighted by Gasteiger charge is -2.18. The molecule has 1 aromatic heterocycles. The topological polar surface area (TPSA) is 20.2 Å². The largest absolute Gasteiger partial charge is 0.418 e. The predicted molar refractivity (Wildman–Crippen MR) is 52.0 cm³/mol. The number of hydrogen-bond donors (Lipinski definition) is 1. The smallest absolute Gasteiger partial charge is 0.379 e. The summed E-state index contributed by atoms with van der Waals surface area (Å²) in [4.78, 5) is 1.01. The van der Waals surface area contributed by atoms with Crippen LogP contribution in [0.5, 0.6) is 0 Å². The van der Waals surface area contributed by atoms with Crippen LogP contribution in [0.3, 0.4) is 0 Å². The molecule has 1 aliphatic carbocycles. The summed E-state index contributed by atoms with van der Waals surface area (Å²) in [6.07, 6.45) is -3.38. The van der Waals surface area contributed by atoms with Crippen LogP contribution in [0, 0.1) is 0 Å². The van der Waals surface area contributed by atoms with E-state index >= 15 is 0 Å². The molecule has 1 heterocycles. The minimum atomic E-state index is -4.55. The summed E-state index contributed by atoms with van der Waals surface area (Å²) >= 11 is 1.34. The van der Waals surface area contributed by atoms with E-state index in [1.54, 1.807) is 0 Å². The fraction of sp³-hybridized carbons (Fsp3) is 0.600. The van der Waals surface area contributed by atoms with Gasteiger partial charge in [0.25, 0.3) is 0 Å². The van der Waals surface area contributed by atoms with Crippen LogP contribution in [-0.4, -0.2) is 11.3 Å². The normalized spacial score (nSPS) is 18.7. The standard InChI is InChI=1S/C10H11F3OS/c11-10(12,13)9(14)7-5-15-8-4-2-1-3-6(7)8/h5,9,14H,1-4H2/t9-/m1/s1. The molecule has 0 fully saturated rings. The van der Waals surface area contributed by atoms with Gasteiger partial charge in [-0.1, -0.05) is 0 Å². The number of thiophene rings is 1. The summed E-state index contributed by atoms with van der Waals surface area (Å²) in [6, 6.07) is 0. The Labute approximate surface area is 89.5 Å². The number of fused-ring (bicyclic) bond motifs is 1. The van der Waals surface area contributed by atoms with Crippen LogP contribution in [-0.2, 0) is 12.8 Å². The number of hydrogen-bond acceptors (Lipinski definition) is 2. The Morgan fingerprint density at radius 1 is 1.27 bits per heavy atom. The number of aliphatic hydroxyl groups excluding tert-OH is 1. The van der Waals surface area contributed by atoms with Crippen LogP contribution in [0.4, 0.5) is 13.2 Å². The lowest BCUT2D eigenvalue weighted by Crippen LogP contribution is -2.21. The van der Waals surface area contributed by atoms with Crippen LogP contribution in [0.1, 0.15) is 34.9 Å². The van der Waals surface area contributed by atoms with E-state index in [4.69, 9.17) is 0 Å². The Kier molecular flexibility index (Phi) is 2.77. The van der Waals surface area contributed by atoms with E-state index < -0.39 is 12.3 Å². The monoisotopic (exact) mass is 236 g/mol. The van der Waals surface area contributed by atoms with Gasteiger partial charge in [0, 0.05) is 10.4 Å². The summed E-state index contributed by atoms with van der Waals surface area (Å²) in [5.41, 5.74) is 0.804. The minimum absolute atomic E-state index is 0.0715. The molecular formula is C10H11F3OS. The molecule has 0 amide bonds. The third-order valence-corrected chi connectivity index (χ3v) is 3.81. The molecule has 0 spiro atoms. The van der Waals surface area contributed by atoms with E-state index in [1.807, 2.05) is 0 Å². The van der Waals surface area contributed by atoms with E-state index in [0.29, 0.717) is 6.42 Å². The SMILES string of the molecule is O[C@H](c1csc2c1CCCC2)C(F)(F)F. The molecule has 5 heteroatoms. The zero-order valence-electron chi connectivity index (χ0n) is 7.97. The van der Waals surface area contributed by atoms with Gasteiger partial charge in [-0.2, -0.15) is 13.2 Å². The van der Waals surface area contributed by atoms with Gasteiger partial charge >= 0.3 is 6.18 Å². The Morgan fingerprint density at radius 2 is 1.93 bits per heavy atom. The highest BCUT2D eigenvalue weighted by Crippen LogP contribution is 2.39. The lowest BCUT2D eigenvalue weighted by molar-refractivity contribution is -0.206. The Morgan fingerprint density at radius 3 is 2.60 bits per heavy atom. The van der Waals surface area contributed by atoms with Crippen molar-refractivity contribution in [3.63, 3.8) is 0 Å². The van der Waals surface area contributed by atoms with Gasteiger partial charge in [0.2, 0.25) is 0 Å². The van der Waals surface area contributed by atoms with Crippen molar-refractivity contribution in [3.05, 3.63) is 21.4 Å². The highest BCUT2D eigenvalue weighted by atomic mass is 32.1. The Bertz CT molecular complexity index is 356. The van der Waals surface area contributed by atoms with Crippen LogP contribution in [0.15, 0.2) is 5.38 Å². The first-order chi connectivity index (χ1) is 7.00. The molecule has 84 valence electrons. The molecule has 15 heavy (non-hydrogen) atoms. The van der Waals surface area contributed by atoms with Gasteiger partial charge in [-0.25, -0.2) is 0 Å². The third-order valence-electron chi connectivity index (χ3n) is 2.70. The van der Waals surface area contributed by atoms with Gasteiger partial charge < -0.3 is 5.11 Å².